The Morgan fingerprint density at radius 2 is 1.78 bits per heavy atom. The molecule has 1 aromatic heterocycles. The topological polar surface area (TPSA) is 50.7 Å². The maximum absolute atomic E-state index is 11.8. The molecule has 5 heteroatoms. The number of benzene rings is 1. The number of nitrogens with one attached hydrogen (secondary N) is 1. The lowest BCUT2D eigenvalue weighted by atomic mass is 9.72. The number of hydrogen-bond acceptors (Lipinski definition) is 4. The fourth-order valence-corrected chi connectivity index (χ4v) is 4.05. The van der Waals surface area contributed by atoms with Crippen molar-refractivity contribution in [2.75, 3.05) is 6.61 Å². The summed E-state index contributed by atoms with van der Waals surface area (Å²) in [6, 6.07) is 12.0. The summed E-state index contributed by atoms with van der Waals surface area (Å²) in [5.74, 6) is 0.398. The summed E-state index contributed by atoms with van der Waals surface area (Å²) in [4.78, 5) is 14.1. The predicted octanol–water partition coefficient (Wildman–Crippen LogP) is 5.30. The molecule has 0 radical (unpaired) electrons. The monoisotopic (exact) mass is 386 g/mol. The molecule has 0 unspecified atom stereocenters. The van der Waals surface area contributed by atoms with Crippen LogP contribution in [0.5, 0.6) is 5.75 Å². The molecule has 0 aliphatic carbocycles. The molecule has 0 spiro atoms. The van der Waals surface area contributed by atoms with E-state index in [4.69, 9.17) is 4.74 Å². The highest BCUT2D eigenvalue weighted by molar-refractivity contribution is 7.13. The first-order valence-corrected chi connectivity index (χ1v) is 9.98. The molecule has 1 heterocycles. The van der Waals surface area contributed by atoms with Crippen LogP contribution in [-0.2, 0) is 10.2 Å². The summed E-state index contributed by atoms with van der Waals surface area (Å²) in [6.45, 7) is 13.3. The van der Waals surface area contributed by atoms with Gasteiger partial charge < -0.3 is 4.74 Å². The Morgan fingerprint density at radius 1 is 1.11 bits per heavy atom. The van der Waals surface area contributed by atoms with Crippen LogP contribution in [0, 0.1) is 12.3 Å². The van der Waals surface area contributed by atoms with Crippen LogP contribution < -0.4 is 10.2 Å². The van der Waals surface area contributed by atoms with E-state index >= 15 is 0 Å². The standard InChI is InChI=1S/C22H30N2O2S/c1-16-7-12-19(27-16)13-23-24-20(25)14-26-18-10-8-17(9-11-18)22(5,6)15-21(2,3)4/h7-13H,14-15H2,1-6H3,(H,24,25)/b23-13-. The minimum Gasteiger partial charge on any atom is -0.484 e. The summed E-state index contributed by atoms with van der Waals surface area (Å²) in [7, 11) is 0. The van der Waals surface area contributed by atoms with Crippen LogP contribution >= 0.6 is 11.3 Å². The van der Waals surface area contributed by atoms with E-state index in [-0.39, 0.29) is 23.3 Å². The normalized spacial score (nSPS) is 12.4. The molecule has 146 valence electrons. The molecule has 0 aliphatic rings. The number of amides is 1. The Hall–Kier alpha value is -2.14. The Bertz CT molecular complexity index is 783. The number of carbonyl (C=O) groups is 1. The molecule has 1 N–H and O–H groups in total. The molecule has 27 heavy (non-hydrogen) atoms. The van der Waals surface area contributed by atoms with Gasteiger partial charge in [-0.3, -0.25) is 4.79 Å². The highest BCUT2D eigenvalue weighted by Gasteiger charge is 2.27. The predicted molar refractivity (Wildman–Crippen MR) is 114 cm³/mol. The van der Waals surface area contributed by atoms with Gasteiger partial charge in [-0.05, 0) is 54.0 Å². The van der Waals surface area contributed by atoms with Crippen molar-refractivity contribution in [1.29, 1.82) is 0 Å². The van der Waals surface area contributed by atoms with Gasteiger partial charge in [0.15, 0.2) is 6.61 Å². The fraction of sp³-hybridized carbons (Fsp3) is 0.455. The van der Waals surface area contributed by atoms with E-state index in [1.54, 1.807) is 17.6 Å². The molecule has 1 amide bonds. The van der Waals surface area contributed by atoms with Crippen molar-refractivity contribution in [1.82, 2.24) is 5.43 Å². The lowest BCUT2D eigenvalue weighted by molar-refractivity contribution is -0.123. The van der Waals surface area contributed by atoms with Crippen LogP contribution in [-0.4, -0.2) is 18.7 Å². The van der Waals surface area contributed by atoms with Gasteiger partial charge in [0.1, 0.15) is 5.75 Å². The van der Waals surface area contributed by atoms with Crippen molar-refractivity contribution < 1.29 is 9.53 Å². The number of hydrogen-bond donors (Lipinski definition) is 1. The van der Waals surface area contributed by atoms with E-state index in [2.05, 4.69) is 57.3 Å². The molecular weight excluding hydrogens is 356 g/mol. The summed E-state index contributed by atoms with van der Waals surface area (Å²) in [5, 5.41) is 3.95. The smallest absolute Gasteiger partial charge is 0.277 e. The third-order valence-corrected chi connectivity index (χ3v) is 5.06. The highest BCUT2D eigenvalue weighted by Crippen LogP contribution is 2.36. The zero-order valence-corrected chi connectivity index (χ0v) is 17.9. The number of hydrazone groups is 1. The second kappa shape index (κ2) is 8.70. The number of ether oxygens (including phenoxy) is 1. The third kappa shape index (κ3) is 7.18. The molecule has 4 nitrogen and oxygen atoms in total. The Kier molecular flexibility index (Phi) is 6.82. The van der Waals surface area contributed by atoms with Gasteiger partial charge in [-0.15, -0.1) is 11.3 Å². The van der Waals surface area contributed by atoms with Gasteiger partial charge in [-0.2, -0.15) is 5.10 Å². The Morgan fingerprint density at radius 3 is 2.33 bits per heavy atom. The maximum Gasteiger partial charge on any atom is 0.277 e. The van der Waals surface area contributed by atoms with Crippen molar-refractivity contribution >= 4 is 23.5 Å². The number of thiophene rings is 1. The van der Waals surface area contributed by atoms with Gasteiger partial charge >= 0.3 is 0 Å². The summed E-state index contributed by atoms with van der Waals surface area (Å²) >= 11 is 1.62. The molecule has 0 saturated heterocycles. The van der Waals surface area contributed by atoms with E-state index in [0.717, 1.165) is 11.3 Å². The molecule has 0 saturated carbocycles. The molecule has 2 rings (SSSR count). The molecule has 1 aromatic carbocycles. The first-order valence-electron chi connectivity index (χ1n) is 9.17. The molecule has 0 bridgehead atoms. The van der Waals surface area contributed by atoms with E-state index in [1.165, 1.54) is 10.4 Å². The molecule has 2 aromatic rings. The van der Waals surface area contributed by atoms with E-state index in [0.29, 0.717) is 5.75 Å². The van der Waals surface area contributed by atoms with E-state index in [9.17, 15) is 4.79 Å². The van der Waals surface area contributed by atoms with Crippen molar-refractivity contribution in [3.63, 3.8) is 0 Å². The van der Waals surface area contributed by atoms with E-state index in [1.807, 2.05) is 31.2 Å². The SMILES string of the molecule is Cc1ccc(/C=N\NC(=O)COc2ccc(C(C)(C)CC(C)(C)C)cc2)s1. The van der Waals surface area contributed by atoms with Crippen LogP contribution in [0.1, 0.15) is 56.4 Å². The van der Waals surface area contributed by atoms with Gasteiger partial charge in [-0.25, -0.2) is 5.43 Å². The second-order valence-corrected chi connectivity index (χ2v) is 10.00. The second-order valence-electron chi connectivity index (χ2n) is 8.68. The van der Waals surface area contributed by atoms with Gasteiger partial charge in [0.05, 0.1) is 6.21 Å². The minimum atomic E-state index is -0.281. The minimum absolute atomic E-state index is 0.0639. The molecule has 0 aliphatic heterocycles. The van der Waals surface area contributed by atoms with Crippen molar-refractivity contribution in [3.8, 4) is 5.75 Å². The summed E-state index contributed by atoms with van der Waals surface area (Å²) in [5.41, 5.74) is 4.10. The zero-order valence-electron chi connectivity index (χ0n) is 17.1. The lowest BCUT2D eigenvalue weighted by Gasteiger charge is -2.33. The first kappa shape index (κ1) is 21.2. The first-order chi connectivity index (χ1) is 12.5. The zero-order chi connectivity index (χ0) is 20.1. The summed E-state index contributed by atoms with van der Waals surface area (Å²) < 4.78 is 5.56. The quantitative estimate of drug-likeness (QED) is 0.518. The molecular formula is C22H30N2O2S. The van der Waals surface area contributed by atoms with Crippen LogP contribution in [0.2, 0.25) is 0 Å². The van der Waals surface area contributed by atoms with Gasteiger partial charge in [0.25, 0.3) is 5.91 Å². The molecule has 0 atom stereocenters. The van der Waals surface area contributed by atoms with Crippen molar-refractivity contribution in [2.45, 2.75) is 53.4 Å². The fourth-order valence-electron chi connectivity index (χ4n) is 3.30. The third-order valence-electron chi connectivity index (χ3n) is 4.12. The largest absolute Gasteiger partial charge is 0.484 e. The van der Waals surface area contributed by atoms with E-state index < -0.39 is 0 Å². The Labute approximate surface area is 166 Å². The Balaban J connectivity index is 1.84. The average Bonchev–Trinajstić information content (AvgIpc) is 2.96. The number of aryl methyl sites for hydroxylation is 1. The number of rotatable bonds is 7. The van der Waals surface area contributed by atoms with Crippen LogP contribution in [0.15, 0.2) is 41.5 Å². The van der Waals surface area contributed by atoms with Crippen LogP contribution in [0.3, 0.4) is 0 Å². The summed E-state index contributed by atoms with van der Waals surface area (Å²) in [6.07, 6.45) is 2.73. The number of carbonyl (C=O) groups excluding carboxylic acids is 1. The highest BCUT2D eigenvalue weighted by atomic mass is 32.1. The van der Waals surface area contributed by atoms with Crippen LogP contribution in [0.4, 0.5) is 0 Å². The van der Waals surface area contributed by atoms with Gasteiger partial charge in [0, 0.05) is 9.75 Å². The van der Waals surface area contributed by atoms with Crippen LogP contribution in [0.25, 0.3) is 0 Å². The lowest BCUT2D eigenvalue weighted by Crippen LogP contribution is -2.25. The maximum atomic E-state index is 11.8. The van der Waals surface area contributed by atoms with Gasteiger partial charge in [0.2, 0.25) is 0 Å². The van der Waals surface area contributed by atoms with Crippen molar-refractivity contribution in [3.05, 3.63) is 51.7 Å². The average molecular weight is 387 g/mol. The van der Waals surface area contributed by atoms with Crippen molar-refractivity contribution in [2.24, 2.45) is 10.5 Å². The molecule has 0 fully saturated rings. The number of nitrogens with zero attached hydrogens (tertiary/aromatic N) is 1. The van der Waals surface area contributed by atoms with Gasteiger partial charge in [-0.1, -0.05) is 46.8 Å².